The number of benzene rings is 1. The third kappa shape index (κ3) is 5.68. The Morgan fingerprint density at radius 1 is 1.20 bits per heavy atom. The number of nitrogens with one attached hydrogen (secondary N) is 2. The average molecular weight is 431 g/mol. The van der Waals surface area contributed by atoms with Crippen LogP contribution in [0.2, 0.25) is 0 Å². The first-order chi connectivity index (χ1) is 11.5. The molecule has 2 N–H and O–H groups in total. The van der Waals surface area contributed by atoms with E-state index in [4.69, 9.17) is 34.8 Å². The summed E-state index contributed by atoms with van der Waals surface area (Å²) < 4.78 is 21.5. The first-order valence-corrected chi connectivity index (χ1v) is 9.98. The predicted molar refractivity (Wildman–Crippen MR) is 94.6 cm³/mol. The number of rotatable bonds is 5. The van der Waals surface area contributed by atoms with E-state index in [0.717, 1.165) is 5.56 Å². The molecule has 2 atom stereocenters. The number of nitrogens with zero attached hydrogens (tertiary/aromatic N) is 1. The van der Waals surface area contributed by atoms with Gasteiger partial charge < -0.3 is 10.6 Å². The fourth-order valence-corrected chi connectivity index (χ4v) is 4.49. The minimum atomic E-state index is -3.35. The van der Waals surface area contributed by atoms with Crippen molar-refractivity contribution in [3.8, 4) is 0 Å². The van der Waals surface area contributed by atoms with Crippen molar-refractivity contribution in [2.24, 2.45) is 0 Å². The van der Waals surface area contributed by atoms with Crippen LogP contribution >= 0.6 is 34.8 Å². The highest BCUT2D eigenvalue weighted by Gasteiger charge is 2.41. The van der Waals surface area contributed by atoms with Gasteiger partial charge in [-0.05, 0) is 5.56 Å². The summed E-state index contributed by atoms with van der Waals surface area (Å²) in [6.45, 7) is 0.262. The lowest BCUT2D eigenvalue weighted by Crippen LogP contribution is -2.51. The van der Waals surface area contributed by atoms with E-state index in [-0.39, 0.29) is 23.7 Å². The Balaban J connectivity index is 2.02. The number of nitro groups is 1. The zero-order chi connectivity index (χ0) is 18.8. The molecule has 0 aliphatic carbocycles. The van der Waals surface area contributed by atoms with Gasteiger partial charge >= 0.3 is 0 Å². The number of halogens is 3. The first kappa shape index (κ1) is 20.2. The zero-order valence-corrected chi connectivity index (χ0v) is 15.7. The van der Waals surface area contributed by atoms with Gasteiger partial charge in [0.1, 0.15) is 0 Å². The SMILES string of the molecule is O=C(N[C@@H]1CS(=O)(=O)C[C@@H]1NCc1ccc([N+](=O)[O-])cc1)C(Cl)(Cl)Cl. The molecule has 1 saturated heterocycles. The molecule has 138 valence electrons. The maximum Gasteiger partial charge on any atom is 0.272 e. The van der Waals surface area contributed by atoms with Crippen LogP contribution in [0.5, 0.6) is 0 Å². The molecule has 1 aromatic carbocycles. The van der Waals surface area contributed by atoms with Gasteiger partial charge in [0.25, 0.3) is 15.4 Å². The molecule has 0 saturated carbocycles. The average Bonchev–Trinajstić information content (AvgIpc) is 2.78. The highest BCUT2D eigenvalue weighted by Crippen LogP contribution is 2.27. The molecule has 1 amide bonds. The summed E-state index contributed by atoms with van der Waals surface area (Å²) >= 11 is 16.5. The number of sulfone groups is 1. The first-order valence-electron chi connectivity index (χ1n) is 7.03. The third-order valence-corrected chi connectivity index (χ3v) is 5.89. The molecule has 1 aliphatic rings. The van der Waals surface area contributed by atoms with Crippen molar-refractivity contribution in [1.29, 1.82) is 0 Å². The number of alkyl halides is 3. The maximum absolute atomic E-state index is 11.8. The normalized spacial score (nSPS) is 22.5. The largest absolute Gasteiger partial charge is 0.347 e. The van der Waals surface area contributed by atoms with Gasteiger partial charge in [-0.1, -0.05) is 46.9 Å². The number of amides is 1. The van der Waals surface area contributed by atoms with Gasteiger partial charge in [0.05, 0.1) is 22.5 Å². The Morgan fingerprint density at radius 3 is 2.28 bits per heavy atom. The predicted octanol–water partition coefficient (Wildman–Crippen LogP) is 1.34. The Bertz CT molecular complexity index is 764. The molecule has 0 unspecified atom stereocenters. The summed E-state index contributed by atoms with van der Waals surface area (Å²) in [4.78, 5) is 21.9. The van der Waals surface area contributed by atoms with Crippen LogP contribution in [0.1, 0.15) is 5.56 Å². The van der Waals surface area contributed by atoms with E-state index in [2.05, 4.69) is 10.6 Å². The second-order valence-corrected chi connectivity index (χ2v) is 10.0. The molecule has 2 rings (SSSR count). The van der Waals surface area contributed by atoms with Crippen LogP contribution in [0.15, 0.2) is 24.3 Å². The summed E-state index contributed by atoms with van der Waals surface area (Å²) in [5.74, 6) is -1.34. The number of hydrogen-bond donors (Lipinski definition) is 2. The smallest absolute Gasteiger partial charge is 0.272 e. The van der Waals surface area contributed by atoms with Gasteiger partial charge in [0, 0.05) is 24.7 Å². The van der Waals surface area contributed by atoms with Gasteiger partial charge in [0.15, 0.2) is 9.84 Å². The molecule has 8 nitrogen and oxygen atoms in total. The molecule has 1 heterocycles. The molecule has 0 radical (unpaired) electrons. The van der Waals surface area contributed by atoms with Crippen molar-refractivity contribution >= 4 is 56.2 Å². The van der Waals surface area contributed by atoms with E-state index in [9.17, 15) is 23.3 Å². The molecule has 1 fully saturated rings. The number of hydrogen-bond acceptors (Lipinski definition) is 6. The van der Waals surface area contributed by atoms with E-state index in [1.54, 1.807) is 12.1 Å². The van der Waals surface area contributed by atoms with Crippen molar-refractivity contribution in [3.05, 3.63) is 39.9 Å². The molecular weight excluding hydrogens is 417 g/mol. The van der Waals surface area contributed by atoms with Gasteiger partial charge in [-0.2, -0.15) is 0 Å². The number of carbonyl (C=O) groups excluding carboxylic acids is 1. The fraction of sp³-hybridized carbons (Fsp3) is 0.462. The second-order valence-electron chi connectivity index (χ2n) is 5.57. The van der Waals surface area contributed by atoms with Crippen molar-refractivity contribution in [3.63, 3.8) is 0 Å². The summed E-state index contributed by atoms with van der Waals surface area (Å²) in [7, 11) is -3.35. The van der Waals surface area contributed by atoms with Crippen molar-refractivity contribution < 1.29 is 18.1 Å². The van der Waals surface area contributed by atoms with Crippen molar-refractivity contribution in [2.45, 2.75) is 22.4 Å². The van der Waals surface area contributed by atoms with Crippen LogP contribution in [-0.2, 0) is 21.2 Å². The second kappa shape index (κ2) is 7.63. The van der Waals surface area contributed by atoms with E-state index < -0.39 is 36.5 Å². The van der Waals surface area contributed by atoms with Gasteiger partial charge in [-0.15, -0.1) is 0 Å². The summed E-state index contributed by atoms with van der Waals surface area (Å²) in [5, 5.41) is 16.1. The third-order valence-electron chi connectivity index (χ3n) is 3.64. The summed E-state index contributed by atoms with van der Waals surface area (Å²) in [6, 6.07) is 4.50. The van der Waals surface area contributed by atoms with Crippen LogP contribution < -0.4 is 10.6 Å². The zero-order valence-electron chi connectivity index (χ0n) is 12.6. The standard InChI is InChI=1S/C13H14Cl3N3O5S/c14-13(15,16)12(20)18-11-7-25(23,24)6-10(11)17-5-8-1-3-9(4-2-8)19(21)22/h1-4,10-11,17H,5-7H2,(H,18,20)/t10-,11+/m0/s1. The Kier molecular flexibility index (Phi) is 6.16. The topological polar surface area (TPSA) is 118 Å². The van der Waals surface area contributed by atoms with E-state index in [1.165, 1.54) is 12.1 Å². The van der Waals surface area contributed by atoms with Crippen LogP contribution in [0.3, 0.4) is 0 Å². The lowest BCUT2D eigenvalue weighted by atomic mass is 10.1. The van der Waals surface area contributed by atoms with Crippen LogP contribution in [-0.4, -0.2) is 46.6 Å². The van der Waals surface area contributed by atoms with Crippen LogP contribution in [0.25, 0.3) is 0 Å². The monoisotopic (exact) mass is 429 g/mol. The lowest BCUT2D eigenvalue weighted by Gasteiger charge is -2.22. The molecule has 0 bridgehead atoms. The van der Waals surface area contributed by atoms with E-state index >= 15 is 0 Å². The molecule has 1 aliphatic heterocycles. The maximum atomic E-state index is 11.8. The molecule has 12 heteroatoms. The molecule has 0 spiro atoms. The van der Waals surface area contributed by atoms with E-state index in [1.807, 2.05) is 0 Å². The van der Waals surface area contributed by atoms with Gasteiger partial charge in [0.2, 0.25) is 0 Å². The highest BCUT2D eigenvalue weighted by molar-refractivity contribution is 7.91. The minimum absolute atomic E-state index is 0.0417. The quantitative estimate of drug-likeness (QED) is 0.413. The molecule has 1 aromatic rings. The Morgan fingerprint density at radius 2 is 1.76 bits per heavy atom. The summed E-state index contributed by atoms with van der Waals surface area (Å²) in [5.41, 5.74) is 0.682. The van der Waals surface area contributed by atoms with Gasteiger partial charge in [-0.3, -0.25) is 14.9 Å². The number of nitro benzene ring substituents is 1. The van der Waals surface area contributed by atoms with Gasteiger partial charge in [-0.25, -0.2) is 8.42 Å². The number of non-ortho nitro benzene ring substituents is 1. The molecule has 25 heavy (non-hydrogen) atoms. The highest BCUT2D eigenvalue weighted by atomic mass is 35.6. The number of carbonyl (C=O) groups is 1. The minimum Gasteiger partial charge on any atom is -0.347 e. The summed E-state index contributed by atoms with van der Waals surface area (Å²) in [6.07, 6.45) is 0. The Hall–Kier alpha value is -1.13. The lowest BCUT2D eigenvalue weighted by molar-refractivity contribution is -0.384. The molecule has 0 aromatic heterocycles. The fourth-order valence-electron chi connectivity index (χ4n) is 2.43. The van der Waals surface area contributed by atoms with Crippen LogP contribution in [0.4, 0.5) is 5.69 Å². The molecular formula is C13H14Cl3N3O5S. The van der Waals surface area contributed by atoms with Crippen molar-refractivity contribution in [1.82, 2.24) is 10.6 Å². The van der Waals surface area contributed by atoms with Crippen molar-refractivity contribution in [2.75, 3.05) is 11.5 Å². The van der Waals surface area contributed by atoms with E-state index in [0.29, 0.717) is 0 Å². The Labute approximate surface area is 158 Å². The van der Waals surface area contributed by atoms with Crippen LogP contribution in [0, 0.1) is 10.1 Å².